The topological polar surface area (TPSA) is 49.8 Å². The van der Waals surface area contributed by atoms with Crippen LogP contribution in [0.5, 0.6) is 0 Å². The number of anilines is 2. The summed E-state index contributed by atoms with van der Waals surface area (Å²) < 4.78 is 0. The minimum absolute atomic E-state index is 0.811. The van der Waals surface area contributed by atoms with E-state index in [4.69, 9.17) is 0 Å². The van der Waals surface area contributed by atoms with Gasteiger partial charge in [0.15, 0.2) is 0 Å². The van der Waals surface area contributed by atoms with Gasteiger partial charge in [-0.15, -0.1) is 11.3 Å². The van der Waals surface area contributed by atoms with E-state index < -0.39 is 0 Å². The maximum absolute atomic E-state index is 4.60. The van der Waals surface area contributed by atoms with E-state index in [0.29, 0.717) is 0 Å². The SMILES string of the molecule is CCNc1nc(CC)nc(NCc2ccc(C)s2)c1C. The summed E-state index contributed by atoms with van der Waals surface area (Å²) in [6.45, 7) is 10.0. The fourth-order valence-corrected chi connectivity index (χ4v) is 2.81. The van der Waals surface area contributed by atoms with Crippen LogP contribution in [0, 0.1) is 13.8 Å². The van der Waals surface area contributed by atoms with Crippen molar-refractivity contribution in [2.75, 3.05) is 17.2 Å². The first kappa shape index (κ1) is 14.8. The van der Waals surface area contributed by atoms with E-state index in [0.717, 1.165) is 42.5 Å². The summed E-state index contributed by atoms with van der Waals surface area (Å²) in [5.74, 6) is 2.74. The summed E-state index contributed by atoms with van der Waals surface area (Å²) >= 11 is 1.82. The van der Waals surface area contributed by atoms with Crippen molar-refractivity contribution in [3.05, 3.63) is 33.3 Å². The lowest BCUT2D eigenvalue weighted by molar-refractivity contribution is 0.920. The van der Waals surface area contributed by atoms with Gasteiger partial charge in [0.2, 0.25) is 0 Å². The average molecular weight is 290 g/mol. The molecule has 0 saturated carbocycles. The fourth-order valence-electron chi connectivity index (χ4n) is 1.98. The van der Waals surface area contributed by atoms with Crippen LogP contribution in [0.15, 0.2) is 12.1 Å². The summed E-state index contributed by atoms with van der Waals surface area (Å²) in [5, 5.41) is 6.74. The molecule has 2 aromatic heterocycles. The summed E-state index contributed by atoms with van der Waals surface area (Å²) in [5.41, 5.74) is 1.08. The van der Waals surface area contributed by atoms with Crippen LogP contribution in [0.3, 0.4) is 0 Å². The van der Waals surface area contributed by atoms with Gasteiger partial charge in [0, 0.05) is 28.3 Å². The van der Waals surface area contributed by atoms with E-state index in [1.807, 2.05) is 11.3 Å². The Labute approximate surface area is 124 Å². The van der Waals surface area contributed by atoms with Crippen molar-refractivity contribution in [3.8, 4) is 0 Å². The Balaban J connectivity index is 2.19. The zero-order valence-electron chi connectivity index (χ0n) is 12.6. The number of nitrogens with zero attached hydrogens (tertiary/aromatic N) is 2. The first-order chi connectivity index (χ1) is 9.63. The predicted octanol–water partition coefficient (Wildman–Crippen LogP) is 3.76. The summed E-state index contributed by atoms with van der Waals surface area (Å²) in [6, 6.07) is 4.31. The third-order valence-electron chi connectivity index (χ3n) is 3.08. The third-order valence-corrected chi connectivity index (χ3v) is 4.08. The molecule has 0 aromatic carbocycles. The molecular formula is C15H22N4S. The Morgan fingerprint density at radius 3 is 2.30 bits per heavy atom. The molecule has 0 radical (unpaired) electrons. The molecule has 0 aliphatic rings. The number of hydrogen-bond donors (Lipinski definition) is 2. The van der Waals surface area contributed by atoms with Crippen LogP contribution in [0.4, 0.5) is 11.6 Å². The molecule has 0 atom stereocenters. The molecule has 2 heterocycles. The van der Waals surface area contributed by atoms with Crippen LogP contribution in [0.2, 0.25) is 0 Å². The lowest BCUT2D eigenvalue weighted by atomic mass is 10.3. The highest BCUT2D eigenvalue weighted by Gasteiger charge is 2.09. The van der Waals surface area contributed by atoms with Crippen LogP contribution in [0.1, 0.15) is 35.0 Å². The molecule has 0 spiro atoms. The molecular weight excluding hydrogens is 268 g/mol. The average Bonchev–Trinajstić information content (AvgIpc) is 2.85. The molecule has 0 aliphatic heterocycles. The molecule has 2 N–H and O–H groups in total. The normalized spacial score (nSPS) is 10.6. The van der Waals surface area contributed by atoms with Gasteiger partial charge in [-0.3, -0.25) is 0 Å². The van der Waals surface area contributed by atoms with Crippen LogP contribution in [-0.2, 0) is 13.0 Å². The highest BCUT2D eigenvalue weighted by Crippen LogP contribution is 2.22. The minimum atomic E-state index is 0.811. The molecule has 5 heteroatoms. The van der Waals surface area contributed by atoms with Gasteiger partial charge in [0.1, 0.15) is 17.5 Å². The molecule has 2 aromatic rings. The maximum Gasteiger partial charge on any atom is 0.135 e. The molecule has 108 valence electrons. The van der Waals surface area contributed by atoms with Crippen molar-refractivity contribution >= 4 is 23.0 Å². The zero-order valence-corrected chi connectivity index (χ0v) is 13.4. The summed E-state index contributed by atoms with van der Waals surface area (Å²) in [7, 11) is 0. The van der Waals surface area contributed by atoms with E-state index in [9.17, 15) is 0 Å². The van der Waals surface area contributed by atoms with Gasteiger partial charge in [-0.05, 0) is 32.9 Å². The molecule has 20 heavy (non-hydrogen) atoms. The van der Waals surface area contributed by atoms with Crippen molar-refractivity contribution in [3.63, 3.8) is 0 Å². The second-order valence-corrected chi connectivity index (χ2v) is 6.08. The van der Waals surface area contributed by atoms with E-state index in [1.165, 1.54) is 9.75 Å². The van der Waals surface area contributed by atoms with Crippen molar-refractivity contribution in [2.24, 2.45) is 0 Å². The molecule has 0 unspecified atom stereocenters. The van der Waals surface area contributed by atoms with E-state index in [-0.39, 0.29) is 0 Å². The smallest absolute Gasteiger partial charge is 0.135 e. The number of rotatable bonds is 6. The molecule has 0 fully saturated rings. The highest BCUT2D eigenvalue weighted by molar-refractivity contribution is 7.11. The van der Waals surface area contributed by atoms with Crippen molar-refractivity contribution in [1.82, 2.24) is 9.97 Å². The predicted molar refractivity (Wildman–Crippen MR) is 86.7 cm³/mol. The van der Waals surface area contributed by atoms with Gasteiger partial charge in [0.25, 0.3) is 0 Å². The van der Waals surface area contributed by atoms with Gasteiger partial charge < -0.3 is 10.6 Å². The monoisotopic (exact) mass is 290 g/mol. The minimum Gasteiger partial charge on any atom is -0.370 e. The van der Waals surface area contributed by atoms with E-state index >= 15 is 0 Å². The Morgan fingerprint density at radius 2 is 1.75 bits per heavy atom. The van der Waals surface area contributed by atoms with Crippen LogP contribution in [-0.4, -0.2) is 16.5 Å². The Morgan fingerprint density at radius 1 is 1.05 bits per heavy atom. The molecule has 2 rings (SSSR count). The van der Waals surface area contributed by atoms with Crippen LogP contribution < -0.4 is 10.6 Å². The maximum atomic E-state index is 4.60. The second kappa shape index (κ2) is 6.70. The number of nitrogens with one attached hydrogen (secondary N) is 2. The number of aromatic nitrogens is 2. The molecule has 4 nitrogen and oxygen atoms in total. The molecule has 0 amide bonds. The van der Waals surface area contributed by atoms with Crippen molar-refractivity contribution < 1.29 is 0 Å². The molecule has 0 bridgehead atoms. The third kappa shape index (κ3) is 3.48. The number of aryl methyl sites for hydroxylation is 2. The van der Waals surface area contributed by atoms with Gasteiger partial charge >= 0.3 is 0 Å². The number of hydrogen-bond acceptors (Lipinski definition) is 5. The quantitative estimate of drug-likeness (QED) is 0.850. The van der Waals surface area contributed by atoms with E-state index in [1.54, 1.807) is 0 Å². The molecule has 0 saturated heterocycles. The number of thiophene rings is 1. The van der Waals surface area contributed by atoms with Gasteiger partial charge in [-0.25, -0.2) is 9.97 Å². The summed E-state index contributed by atoms with van der Waals surface area (Å²) in [6.07, 6.45) is 0.839. The largest absolute Gasteiger partial charge is 0.370 e. The lowest BCUT2D eigenvalue weighted by Crippen LogP contribution is -2.10. The van der Waals surface area contributed by atoms with Crippen LogP contribution >= 0.6 is 11.3 Å². The summed E-state index contributed by atoms with van der Waals surface area (Å²) in [4.78, 5) is 11.8. The highest BCUT2D eigenvalue weighted by atomic mass is 32.1. The Kier molecular flexibility index (Phi) is 4.95. The molecule has 0 aliphatic carbocycles. The lowest BCUT2D eigenvalue weighted by Gasteiger charge is -2.13. The Hall–Kier alpha value is -1.62. The van der Waals surface area contributed by atoms with Crippen molar-refractivity contribution in [1.29, 1.82) is 0 Å². The van der Waals surface area contributed by atoms with Gasteiger partial charge in [0.05, 0.1) is 6.54 Å². The first-order valence-electron chi connectivity index (χ1n) is 7.04. The van der Waals surface area contributed by atoms with Gasteiger partial charge in [-0.1, -0.05) is 6.92 Å². The standard InChI is InChI=1S/C15H22N4S/c1-5-13-18-14(16-6-2)11(4)15(19-13)17-9-12-8-7-10(3)20-12/h7-8H,5-6,9H2,1-4H3,(H2,16,17,18,19). The van der Waals surface area contributed by atoms with E-state index in [2.05, 4.69) is 60.4 Å². The van der Waals surface area contributed by atoms with Gasteiger partial charge in [-0.2, -0.15) is 0 Å². The zero-order chi connectivity index (χ0) is 14.5. The second-order valence-electron chi connectivity index (χ2n) is 4.71. The fraction of sp³-hybridized carbons (Fsp3) is 0.467. The van der Waals surface area contributed by atoms with Crippen LogP contribution in [0.25, 0.3) is 0 Å². The Bertz CT molecular complexity index is 577. The first-order valence-corrected chi connectivity index (χ1v) is 7.86. The van der Waals surface area contributed by atoms with Crippen molar-refractivity contribution in [2.45, 2.75) is 40.7 Å².